The Hall–Kier alpha value is -0.860. The molecule has 2 rings (SSSR count). The van der Waals surface area contributed by atoms with Gasteiger partial charge in [0.25, 0.3) is 0 Å². The summed E-state index contributed by atoms with van der Waals surface area (Å²) in [6.45, 7) is 3.41. The molecule has 88 valence electrons. The molecule has 0 aliphatic carbocycles. The fraction of sp³-hybridized carbons (Fsp3) is 0.571. The number of nitrogens with one attached hydrogen (secondary N) is 1. The second-order valence-electron chi connectivity index (χ2n) is 4.83. The third-order valence-electron chi connectivity index (χ3n) is 3.24. The van der Waals surface area contributed by atoms with Crippen LogP contribution in [0.4, 0.5) is 0 Å². The minimum atomic E-state index is 0.697. The second kappa shape index (κ2) is 6.02. The van der Waals surface area contributed by atoms with Gasteiger partial charge in [-0.15, -0.1) is 0 Å². The van der Waals surface area contributed by atoms with Gasteiger partial charge in [-0.1, -0.05) is 36.8 Å². The number of hydrogen-bond donors (Lipinski definition) is 1. The average molecular weight is 218 g/mol. The fourth-order valence-electron chi connectivity index (χ4n) is 2.42. The van der Waals surface area contributed by atoms with Crippen LogP contribution in [0.15, 0.2) is 30.3 Å². The van der Waals surface area contributed by atoms with Gasteiger partial charge in [0.15, 0.2) is 0 Å². The van der Waals surface area contributed by atoms with Crippen LogP contribution in [0.1, 0.15) is 24.8 Å². The van der Waals surface area contributed by atoms with E-state index in [1.165, 1.54) is 31.4 Å². The van der Waals surface area contributed by atoms with Crippen molar-refractivity contribution in [2.24, 2.45) is 0 Å². The number of likely N-dealkylation sites (N-methyl/N-ethyl adjacent to an activating group) is 1. The summed E-state index contributed by atoms with van der Waals surface area (Å²) < 4.78 is 0. The van der Waals surface area contributed by atoms with Gasteiger partial charge in [-0.2, -0.15) is 0 Å². The molecule has 1 saturated heterocycles. The SMILES string of the molecule is CN(Cc1ccccc1)C[C@@H]1CCCCN1. The van der Waals surface area contributed by atoms with Crippen molar-refractivity contribution in [2.75, 3.05) is 20.1 Å². The number of piperidine rings is 1. The Kier molecular flexibility index (Phi) is 4.37. The highest BCUT2D eigenvalue weighted by Crippen LogP contribution is 2.09. The summed E-state index contributed by atoms with van der Waals surface area (Å²) in [4.78, 5) is 2.42. The normalized spacial score (nSPS) is 21.2. The lowest BCUT2D eigenvalue weighted by Crippen LogP contribution is -2.42. The Labute approximate surface area is 98.7 Å². The lowest BCUT2D eigenvalue weighted by atomic mass is 10.0. The summed E-state index contributed by atoms with van der Waals surface area (Å²) in [6.07, 6.45) is 4.06. The van der Waals surface area contributed by atoms with Crippen molar-refractivity contribution in [1.29, 1.82) is 0 Å². The molecule has 1 N–H and O–H groups in total. The van der Waals surface area contributed by atoms with Gasteiger partial charge < -0.3 is 10.2 Å². The van der Waals surface area contributed by atoms with E-state index in [0.717, 1.165) is 13.1 Å². The maximum atomic E-state index is 3.59. The van der Waals surface area contributed by atoms with Crippen LogP contribution in [-0.2, 0) is 6.54 Å². The number of rotatable bonds is 4. The average Bonchev–Trinajstić information content (AvgIpc) is 2.31. The highest BCUT2D eigenvalue weighted by molar-refractivity contribution is 5.14. The Morgan fingerprint density at radius 2 is 2.06 bits per heavy atom. The summed E-state index contributed by atoms with van der Waals surface area (Å²) in [6, 6.07) is 11.4. The maximum Gasteiger partial charge on any atom is 0.0231 e. The van der Waals surface area contributed by atoms with E-state index in [1.807, 2.05) is 0 Å². The van der Waals surface area contributed by atoms with Crippen LogP contribution in [0, 0.1) is 0 Å². The van der Waals surface area contributed by atoms with E-state index in [0.29, 0.717) is 6.04 Å². The van der Waals surface area contributed by atoms with Gasteiger partial charge in [-0.25, -0.2) is 0 Å². The molecule has 1 aliphatic heterocycles. The molecule has 2 heteroatoms. The molecule has 1 fully saturated rings. The molecule has 0 unspecified atom stereocenters. The largest absolute Gasteiger partial charge is 0.313 e. The van der Waals surface area contributed by atoms with E-state index in [4.69, 9.17) is 0 Å². The summed E-state index contributed by atoms with van der Waals surface area (Å²) in [5.41, 5.74) is 1.40. The lowest BCUT2D eigenvalue weighted by Gasteiger charge is -2.28. The van der Waals surface area contributed by atoms with Crippen molar-refractivity contribution < 1.29 is 0 Å². The van der Waals surface area contributed by atoms with Crippen molar-refractivity contribution in [3.63, 3.8) is 0 Å². The molecule has 0 aromatic heterocycles. The van der Waals surface area contributed by atoms with Crippen LogP contribution >= 0.6 is 0 Å². The van der Waals surface area contributed by atoms with Crippen molar-refractivity contribution in [3.05, 3.63) is 35.9 Å². The van der Waals surface area contributed by atoms with E-state index < -0.39 is 0 Å². The van der Waals surface area contributed by atoms with Crippen molar-refractivity contribution in [1.82, 2.24) is 10.2 Å². The summed E-state index contributed by atoms with van der Waals surface area (Å²) >= 11 is 0. The molecule has 2 nitrogen and oxygen atoms in total. The van der Waals surface area contributed by atoms with Gasteiger partial charge in [0.1, 0.15) is 0 Å². The van der Waals surface area contributed by atoms with E-state index in [2.05, 4.69) is 47.6 Å². The predicted octanol–water partition coefficient (Wildman–Crippen LogP) is 2.26. The molecular formula is C14H22N2. The van der Waals surface area contributed by atoms with Crippen molar-refractivity contribution in [3.8, 4) is 0 Å². The van der Waals surface area contributed by atoms with Gasteiger partial charge in [-0.05, 0) is 32.0 Å². The van der Waals surface area contributed by atoms with Crippen molar-refractivity contribution in [2.45, 2.75) is 31.8 Å². The summed E-state index contributed by atoms with van der Waals surface area (Å²) in [5.74, 6) is 0. The quantitative estimate of drug-likeness (QED) is 0.834. The zero-order valence-corrected chi connectivity index (χ0v) is 10.2. The summed E-state index contributed by atoms with van der Waals surface area (Å²) in [5, 5.41) is 3.59. The van der Waals surface area contributed by atoms with Crippen LogP contribution in [0.2, 0.25) is 0 Å². The molecule has 0 spiro atoms. The molecule has 0 amide bonds. The first-order valence-electron chi connectivity index (χ1n) is 6.30. The minimum absolute atomic E-state index is 0.697. The Morgan fingerprint density at radius 1 is 1.25 bits per heavy atom. The van der Waals surface area contributed by atoms with Gasteiger partial charge in [0.2, 0.25) is 0 Å². The molecule has 1 heterocycles. The highest BCUT2D eigenvalue weighted by atomic mass is 15.1. The third-order valence-corrected chi connectivity index (χ3v) is 3.24. The zero-order chi connectivity index (χ0) is 11.2. The van der Waals surface area contributed by atoms with Crippen LogP contribution in [0.3, 0.4) is 0 Å². The zero-order valence-electron chi connectivity index (χ0n) is 10.2. The van der Waals surface area contributed by atoms with Gasteiger partial charge in [0, 0.05) is 19.1 Å². The van der Waals surface area contributed by atoms with E-state index in [-0.39, 0.29) is 0 Å². The van der Waals surface area contributed by atoms with Crippen LogP contribution < -0.4 is 5.32 Å². The van der Waals surface area contributed by atoms with Crippen LogP contribution in [-0.4, -0.2) is 31.1 Å². The molecule has 0 radical (unpaired) electrons. The Morgan fingerprint density at radius 3 is 2.75 bits per heavy atom. The molecular weight excluding hydrogens is 196 g/mol. The lowest BCUT2D eigenvalue weighted by molar-refractivity contribution is 0.256. The molecule has 1 aliphatic rings. The van der Waals surface area contributed by atoms with E-state index >= 15 is 0 Å². The molecule has 16 heavy (non-hydrogen) atoms. The monoisotopic (exact) mass is 218 g/mol. The summed E-state index contributed by atoms with van der Waals surface area (Å²) in [7, 11) is 2.21. The smallest absolute Gasteiger partial charge is 0.0231 e. The third kappa shape index (κ3) is 3.62. The molecule has 1 aromatic carbocycles. The van der Waals surface area contributed by atoms with E-state index in [1.54, 1.807) is 0 Å². The number of benzene rings is 1. The van der Waals surface area contributed by atoms with Gasteiger partial charge in [-0.3, -0.25) is 0 Å². The first-order valence-corrected chi connectivity index (χ1v) is 6.30. The standard InChI is InChI=1S/C14H22N2/c1-16(11-13-7-3-2-4-8-13)12-14-9-5-6-10-15-14/h2-4,7-8,14-15H,5-6,9-12H2,1H3/t14-/m0/s1. The molecule has 0 bridgehead atoms. The van der Waals surface area contributed by atoms with E-state index in [9.17, 15) is 0 Å². The Balaban J connectivity index is 1.77. The minimum Gasteiger partial charge on any atom is -0.313 e. The maximum absolute atomic E-state index is 3.59. The number of hydrogen-bond acceptors (Lipinski definition) is 2. The van der Waals surface area contributed by atoms with Gasteiger partial charge >= 0.3 is 0 Å². The highest BCUT2D eigenvalue weighted by Gasteiger charge is 2.14. The van der Waals surface area contributed by atoms with Crippen LogP contribution in [0.25, 0.3) is 0 Å². The van der Waals surface area contributed by atoms with Crippen molar-refractivity contribution >= 4 is 0 Å². The molecule has 1 atom stereocenters. The first kappa shape index (κ1) is 11.6. The molecule has 0 saturated carbocycles. The Bertz CT molecular complexity index is 291. The van der Waals surface area contributed by atoms with Crippen LogP contribution in [0.5, 0.6) is 0 Å². The topological polar surface area (TPSA) is 15.3 Å². The fourth-order valence-corrected chi connectivity index (χ4v) is 2.42. The van der Waals surface area contributed by atoms with Gasteiger partial charge in [0.05, 0.1) is 0 Å². The first-order chi connectivity index (χ1) is 7.84. The number of nitrogens with zero attached hydrogens (tertiary/aromatic N) is 1. The predicted molar refractivity (Wildman–Crippen MR) is 68.4 cm³/mol. The molecule has 1 aromatic rings. The second-order valence-corrected chi connectivity index (χ2v) is 4.83.